The van der Waals surface area contributed by atoms with Crippen LogP contribution in [0.25, 0.3) is 11.4 Å². The summed E-state index contributed by atoms with van der Waals surface area (Å²) in [5.74, 6) is -3.34. The predicted molar refractivity (Wildman–Crippen MR) is 147 cm³/mol. The van der Waals surface area contributed by atoms with Crippen molar-refractivity contribution in [1.82, 2.24) is 25.1 Å². The van der Waals surface area contributed by atoms with Crippen LogP contribution in [-0.4, -0.2) is 44.5 Å². The molecule has 2 aromatic heterocycles. The molecule has 1 amide bonds. The lowest BCUT2D eigenvalue weighted by Gasteiger charge is -2.22. The van der Waals surface area contributed by atoms with Crippen LogP contribution in [0.15, 0.2) is 63.9 Å². The maximum absolute atomic E-state index is 14.5. The summed E-state index contributed by atoms with van der Waals surface area (Å²) in [6.07, 6.45) is 1.39. The van der Waals surface area contributed by atoms with Crippen LogP contribution in [0.3, 0.4) is 0 Å². The highest BCUT2D eigenvalue weighted by molar-refractivity contribution is 5.98. The fraction of sp³-hybridized carbons (Fsp3) is 0.310. The predicted octanol–water partition coefficient (Wildman–Crippen LogP) is 3.96. The van der Waals surface area contributed by atoms with Crippen molar-refractivity contribution < 1.29 is 22.8 Å². The van der Waals surface area contributed by atoms with E-state index in [0.29, 0.717) is 5.56 Å². The van der Waals surface area contributed by atoms with E-state index in [9.17, 15) is 23.2 Å². The number of benzene rings is 2. The molecule has 0 aliphatic carbocycles. The minimum Gasteiger partial charge on any atom is -0.417 e. The Bertz CT molecular complexity index is 1630. The lowest BCUT2D eigenvalue weighted by atomic mass is 9.84. The minimum atomic E-state index is -1.18. The number of carbonyl (C=O) groups excluding carboxylic acids is 2. The number of hydrogen-bond donors (Lipinski definition) is 2. The molecule has 4 rings (SSSR count). The smallest absolute Gasteiger partial charge is 0.286 e. The highest BCUT2D eigenvalue weighted by atomic mass is 19.1. The van der Waals surface area contributed by atoms with Crippen LogP contribution in [0.4, 0.5) is 14.5 Å². The van der Waals surface area contributed by atoms with Crippen molar-refractivity contribution in [3.05, 3.63) is 94.1 Å². The maximum Gasteiger partial charge on any atom is 0.286 e. The van der Waals surface area contributed by atoms with Gasteiger partial charge in [0.1, 0.15) is 29.7 Å². The van der Waals surface area contributed by atoms with E-state index in [4.69, 9.17) is 4.42 Å². The Balaban J connectivity index is 1.58. The van der Waals surface area contributed by atoms with Gasteiger partial charge in [-0.15, -0.1) is 10.2 Å². The molecule has 0 unspecified atom stereocenters. The fourth-order valence-electron chi connectivity index (χ4n) is 4.35. The third-order valence-electron chi connectivity index (χ3n) is 6.69. The summed E-state index contributed by atoms with van der Waals surface area (Å²) in [6.45, 7) is 6.24. The lowest BCUT2D eigenvalue weighted by Crippen LogP contribution is -2.46. The lowest BCUT2D eigenvalue weighted by molar-refractivity contribution is -0.122. The summed E-state index contributed by atoms with van der Waals surface area (Å²) in [5.41, 5.74) is -0.698. The molecule has 10 nitrogen and oxygen atoms in total. The third-order valence-corrected chi connectivity index (χ3v) is 6.69. The first kappa shape index (κ1) is 29.2. The summed E-state index contributed by atoms with van der Waals surface area (Å²) in [7, 11) is 1.57. The Hall–Kier alpha value is -4.74. The number of anilines is 1. The molecular weight excluding hydrogens is 534 g/mol. The molecule has 2 heterocycles. The highest BCUT2D eigenvalue weighted by Crippen LogP contribution is 2.32. The molecule has 1 atom stereocenters. The van der Waals surface area contributed by atoms with Gasteiger partial charge in [0.2, 0.25) is 17.6 Å². The van der Waals surface area contributed by atoms with Gasteiger partial charge in [-0.25, -0.2) is 13.8 Å². The van der Waals surface area contributed by atoms with E-state index in [1.165, 1.54) is 16.8 Å². The van der Waals surface area contributed by atoms with Crippen molar-refractivity contribution >= 4 is 17.4 Å². The summed E-state index contributed by atoms with van der Waals surface area (Å²) >= 11 is 0. The van der Waals surface area contributed by atoms with Crippen molar-refractivity contribution in [3.8, 4) is 11.4 Å². The van der Waals surface area contributed by atoms with E-state index in [0.717, 1.165) is 12.1 Å². The van der Waals surface area contributed by atoms with Crippen molar-refractivity contribution in [1.29, 1.82) is 0 Å². The van der Waals surface area contributed by atoms with Crippen LogP contribution < -0.4 is 16.2 Å². The summed E-state index contributed by atoms with van der Waals surface area (Å²) < 4.78 is 34.8. The van der Waals surface area contributed by atoms with Gasteiger partial charge in [-0.1, -0.05) is 50.2 Å². The third kappa shape index (κ3) is 6.06. The van der Waals surface area contributed by atoms with Gasteiger partial charge >= 0.3 is 0 Å². The average Bonchev–Trinajstić information content (AvgIpc) is 3.44. The Labute approximate surface area is 234 Å². The number of rotatable bonds is 10. The second-order valence-electron chi connectivity index (χ2n) is 10.3. The van der Waals surface area contributed by atoms with Crippen LogP contribution in [0.5, 0.6) is 0 Å². The normalized spacial score (nSPS) is 12.3. The molecule has 0 radical (unpaired) electrons. The molecule has 2 aromatic carbocycles. The number of nitrogens with one attached hydrogen (secondary N) is 2. The van der Waals surface area contributed by atoms with Crippen molar-refractivity contribution in [2.24, 2.45) is 5.92 Å². The van der Waals surface area contributed by atoms with Crippen LogP contribution in [0.1, 0.15) is 49.8 Å². The first-order chi connectivity index (χ1) is 19.4. The number of Topliss-reactive ketones (excluding diaryl/α,β-unsaturated/α-hetero) is 1. The van der Waals surface area contributed by atoms with E-state index in [1.54, 1.807) is 59.0 Å². The zero-order valence-electron chi connectivity index (χ0n) is 23.2. The number of hydrogen-bond acceptors (Lipinski definition) is 8. The SMILES string of the molecule is CNc1cnc(-c2ccccc2)n(CC(=O)N[C@@H](C(=O)c2nnc(C(C)(C)c3ccc(F)cc3F)o2)C(C)C)c1=O. The first-order valence-electron chi connectivity index (χ1n) is 12.9. The van der Waals surface area contributed by atoms with Crippen molar-refractivity contribution in [2.45, 2.75) is 45.7 Å². The molecule has 0 fully saturated rings. The number of nitrogens with zero attached hydrogens (tertiary/aromatic N) is 4. The second-order valence-corrected chi connectivity index (χ2v) is 10.3. The Morgan fingerprint density at radius 1 is 1.07 bits per heavy atom. The first-order valence-corrected chi connectivity index (χ1v) is 12.9. The van der Waals surface area contributed by atoms with E-state index in [2.05, 4.69) is 25.8 Å². The molecule has 0 saturated carbocycles. The fourth-order valence-corrected chi connectivity index (χ4v) is 4.35. The zero-order chi connectivity index (χ0) is 29.9. The molecular formula is C29H30F2N6O4. The van der Waals surface area contributed by atoms with Gasteiger partial charge in [-0.3, -0.25) is 19.0 Å². The van der Waals surface area contributed by atoms with Crippen molar-refractivity contribution in [3.63, 3.8) is 0 Å². The number of ketones is 1. The van der Waals surface area contributed by atoms with Gasteiger partial charge in [0.05, 0.1) is 17.7 Å². The summed E-state index contributed by atoms with van der Waals surface area (Å²) in [6, 6.07) is 11.0. The molecule has 0 aliphatic rings. The van der Waals surface area contributed by atoms with Crippen LogP contribution in [-0.2, 0) is 16.8 Å². The second kappa shape index (κ2) is 11.8. The van der Waals surface area contributed by atoms with Crippen LogP contribution >= 0.6 is 0 Å². The molecule has 214 valence electrons. The summed E-state index contributed by atoms with van der Waals surface area (Å²) in [5, 5.41) is 13.2. The van der Waals surface area contributed by atoms with Gasteiger partial charge in [0.25, 0.3) is 11.4 Å². The number of aromatic nitrogens is 4. The van der Waals surface area contributed by atoms with Gasteiger partial charge in [0, 0.05) is 24.2 Å². The molecule has 41 heavy (non-hydrogen) atoms. The summed E-state index contributed by atoms with van der Waals surface area (Å²) in [4.78, 5) is 44.1. The van der Waals surface area contributed by atoms with E-state index >= 15 is 0 Å². The largest absolute Gasteiger partial charge is 0.417 e. The molecule has 0 saturated heterocycles. The Morgan fingerprint density at radius 2 is 1.78 bits per heavy atom. The van der Waals surface area contributed by atoms with Crippen molar-refractivity contribution in [2.75, 3.05) is 12.4 Å². The van der Waals surface area contributed by atoms with E-state index in [1.807, 2.05) is 6.07 Å². The van der Waals surface area contributed by atoms with Crippen LogP contribution in [0, 0.1) is 17.6 Å². The Morgan fingerprint density at radius 3 is 2.41 bits per heavy atom. The monoisotopic (exact) mass is 564 g/mol. The van der Waals surface area contributed by atoms with Gasteiger partial charge in [-0.05, 0) is 25.8 Å². The standard InChI is InChI=1S/C29H30F2N6O4/c1-16(2)23(24(39)26-35-36-28(41-26)29(3,4)19-12-11-18(30)13-20(19)31)34-22(38)15-37-25(17-9-7-6-8-10-17)33-14-21(32-5)27(37)40/h6-14,16,23,32H,15H2,1-5H3,(H,34,38)/t23-/m1/s1. The topological polar surface area (TPSA) is 132 Å². The molecule has 12 heteroatoms. The number of carbonyl (C=O) groups is 2. The molecule has 0 bridgehead atoms. The molecule has 0 aliphatic heterocycles. The van der Waals surface area contributed by atoms with Gasteiger partial charge in [-0.2, -0.15) is 0 Å². The van der Waals surface area contributed by atoms with E-state index < -0.39 is 52.8 Å². The highest BCUT2D eigenvalue weighted by Gasteiger charge is 2.35. The number of amides is 1. The maximum atomic E-state index is 14.5. The Kier molecular flexibility index (Phi) is 8.41. The quantitative estimate of drug-likeness (QED) is 0.277. The van der Waals surface area contributed by atoms with Crippen LogP contribution in [0.2, 0.25) is 0 Å². The molecule has 4 aromatic rings. The average molecular weight is 565 g/mol. The van der Waals surface area contributed by atoms with Gasteiger partial charge in [0.15, 0.2) is 0 Å². The molecule has 2 N–H and O–H groups in total. The van der Waals surface area contributed by atoms with E-state index in [-0.39, 0.29) is 28.9 Å². The zero-order valence-corrected chi connectivity index (χ0v) is 23.2. The minimum absolute atomic E-state index is 0.0609. The molecule has 0 spiro atoms. The number of halogens is 2. The van der Waals surface area contributed by atoms with Gasteiger partial charge < -0.3 is 15.1 Å².